The summed E-state index contributed by atoms with van der Waals surface area (Å²) in [7, 11) is -2.03. The number of hydrogen-bond acceptors (Lipinski definition) is 7. The normalized spacial score (nSPS) is 11.3. The molecular weight excluding hydrogens is 364 g/mol. The van der Waals surface area contributed by atoms with Crippen LogP contribution in [-0.2, 0) is 32.5 Å². The third kappa shape index (κ3) is 5.36. The lowest BCUT2D eigenvalue weighted by Crippen LogP contribution is -2.23. The molecule has 0 spiro atoms. The maximum absolute atomic E-state index is 12.1. The van der Waals surface area contributed by atoms with Gasteiger partial charge in [-0.15, -0.1) is 5.10 Å². The van der Waals surface area contributed by atoms with Gasteiger partial charge in [0.2, 0.25) is 0 Å². The fraction of sp³-hybridized carbons (Fsp3) is 0.333. The first-order valence-corrected chi connectivity index (χ1v) is 9.18. The van der Waals surface area contributed by atoms with Crippen molar-refractivity contribution in [3.8, 4) is 0 Å². The zero-order chi connectivity index (χ0) is 19.2. The number of carboxylic acids is 1. The molecule has 0 aliphatic rings. The Morgan fingerprint density at radius 2 is 1.96 bits per heavy atom. The van der Waals surface area contributed by atoms with Crippen molar-refractivity contribution in [2.75, 3.05) is 19.5 Å². The molecule has 0 bridgehead atoms. The molecule has 10 nitrogen and oxygen atoms in total. The van der Waals surface area contributed by atoms with E-state index in [-0.39, 0.29) is 35.9 Å². The summed E-state index contributed by atoms with van der Waals surface area (Å²) < 4.78 is 30.0. The third-order valence-corrected chi connectivity index (χ3v) is 5.04. The number of benzene rings is 1. The molecule has 0 aliphatic carbocycles. The standard InChI is InChI=1S/C15H18N4O6S/c1-25-6-7-26(23,24)13-4-2-11(3-5-13)15(22)16-8-12-9-19(18-17-12)10-14(20)21/h2-5,9H,6-8,10H2,1H3,(H,16,22)(H,20,21). The van der Waals surface area contributed by atoms with Gasteiger partial charge in [0.05, 0.1) is 30.0 Å². The van der Waals surface area contributed by atoms with Gasteiger partial charge in [-0.2, -0.15) is 0 Å². The largest absolute Gasteiger partial charge is 0.480 e. The molecular formula is C15H18N4O6S. The van der Waals surface area contributed by atoms with E-state index < -0.39 is 21.7 Å². The molecule has 140 valence electrons. The van der Waals surface area contributed by atoms with E-state index in [4.69, 9.17) is 9.84 Å². The molecule has 2 aromatic rings. The molecule has 1 aromatic heterocycles. The van der Waals surface area contributed by atoms with Crippen LogP contribution in [0.25, 0.3) is 0 Å². The topological polar surface area (TPSA) is 140 Å². The Hall–Kier alpha value is -2.79. The van der Waals surface area contributed by atoms with Crippen molar-refractivity contribution in [2.24, 2.45) is 0 Å². The number of aromatic nitrogens is 3. The number of carbonyl (C=O) groups excluding carboxylic acids is 1. The fourth-order valence-corrected chi connectivity index (χ4v) is 3.21. The second-order valence-corrected chi connectivity index (χ2v) is 7.43. The maximum Gasteiger partial charge on any atom is 0.325 e. The van der Waals surface area contributed by atoms with E-state index in [2.05, 4.69) is 15.6 Å². The molecule has 1 amide bonds. The van der Waals surface area contributed by atoms with Crippen molar-refractivity contribution < 1.29 is 27.9 Å². The molecule has 0 saturated heterocycles. The van der Waals surface area contributed by atoms with Gasteiger partial charge < -0.3 is 15.2 Å². The van der Waals surface area contributed by atoms with Crippen LogP contribution in [0.15, 0.2) is 35.4 Å². The van der Waals surface area contributed by atoms with Gasteiger partial charge in [-0.1, -0.05) is 5.21 Å². The van der Waals surface area contributed by atoms with Crippen LogP contribution < -0.4 is 5.32 Å². The Morgan fingerprint density at radius 1 is 1.27 bits per heavy atom. The first-order chi connectivity index (χ1) is 12.3. The molecule has 0 aliphatic heterocycles. The average molecular weight is 382 g/mol. The molecule has 2 rings (SSSR count). The zero-order valence-electron chi connectivity index (χ0n) is 14.0. The lowest BCUT2D eigenvalue weighted by molar-refractivity contribution is -0.137. The summed E-state index contributed by atoms with van der Waals surface area (Å²) in [4.78, 5) is 22.8. The highest BCUT2D eigenvalue weighted by Gasteiger charge is 2.15. The first kappa shape index (κ1) is 19.5. The minimum Gasteiger partial charge on any atom is -0.480 e. The third-order valence-electron chi connectivity index (χ3n) is 3.35. The summed E-state index contributed by atoms with van der Waals surface area (Å²) in [6, 6.07) is 5.55. The minimum absolute atomic E-state index is 0.0618. The number of nitrogens with one attached hydrogen (secondary N) is 1. The molecule has 0 unspecified atom stereocenters. The van der Waals surface area contributed by atoms with Crippen molar-refractivity contribution in [3.05, 3.63) is 41.7 Å². The van der Waals surface area contributed by atoms with E-state index >= 15 is 0 Å². The lowest BCUT2D eigenvalue weighted by atomic mass is 10.2. The van der Waals surface area contributed by atoms with Gasteiger partial charge in [0.1, 0.15) is 12.2 Å². The van der Waals surface area contributed by atoms with E-state index in [1.54, 1.807) is 0 Å². The molecule has 1 heterocycles. The number of methoxy groups -OCH3 is 1. The average Bonchev–Trinajstić information content (AvgIpc) is 3.04. The van der Waals surface area contributed by atoms with Gasteiger partial charge in [-0.3, -0.25) is 9.59 Å². The van der Waals surface area contributed by atoms with Gasteiger partial charge in [0.25, 0.3) is 5.91 Å². The van der Waals surface area contributed by atoms with Crippen LogP contribution in [0.5, 0.6) is 0 Å². The second-order valence-electron chi connectivity index (χ2n) is 5.32. The van der Waals surface area contributed by atoms with Crippen LogP contribution in [0.4, 0.5) is 0 Å². The van der Waals surface area contributed by atoms with E-state index in [1.165, 1.54) is 37.6 Å². The molecule has 0 saturated carbocycles. The number of aliphatic carboxylic acids is 1. The maximum atomic E-state index is 12.1. The highest BCUT2D eigenvalue weighted by atomic mass is 32.2. The summed E-state index contributed by atoms with van der Waals surface area (Å²) >= 11 is 0. The van der Waals surface area contributed by atoms with Crippen molar-refractivity contribution in [3.63, 3.8) is 0 Å². The van der Waals surface area contributed by atoms with Crippen molar-refractivity contribution in [1.29, 1.82) is 0 Å². The molecule has 0 fully saturated rings. The molecule has 0 radical (unpaired) electrons. The Morgan fingerprint density at radius 3 is 2.58 bits per heavy atom. The summed E-state index contributed by atoms with van der Waals surface area (Å²) in [5.41, 5.74) is 0.687. The summed E-state index contributed by atoms with van der Waals surface area (Å²) in [5, 5.41) is 18.6. The quantitative estimate of drug-likeness (QED) is 0.603. The Labute approximate surface area is 149 Å². The summed E-state index contributed by atoms with van der Waals surface area (Å²) in [6.45, 7) is -0.167. The molecule has 11 heteroatoms. The van der Waals surface area contributed by atoms with Crippen LogP contribution in [0, 0.1) is 0 Å². The van der Waals surface area contributed by atoms with Crippen LogP contribution in [0.3, 0.4) is 0 Å². The fourth-order valence-electron chi connectivity index (χ4n) is 2.03. The predicted octanol–water partition coefficient (Wildman–Crippen LogP) is -0.287. The highest BCUT2D eigenvalue weighted by molar-refractivity contribution is 7.91. The van der Waals surface area contributed by atoms with Gasteiger partial charge >= 0.3 is 5.97 Å². The number of carboxylic acid groups (broad SMARTS) is 1. The number of carbonyl (C=O) groups is 2. The van der Waals surface area contributed by atoms with Gasteiger partial charge in [-0.25, -0.2) is 13.1 Å². The first-order valence-electron chi connectivity index (χ1n) is 7.52. The zero-order valence-corrected chi connectivity index (χ0v) is 14.8. The molecule has 2 N–H and O–H groups in total. The number of amides is 1. The number of sulfone groups is 1. The smallest absolute Gasteiger partial charge is 0.325 e. The van der Waals surface area contributed by atoms with Crippen LogP contribution in [-0.4, -0.2) is 59.9 Å². The molecule has 0 atom stereocenters. The minimum atomic E-state index is -3.45. The summed E-state index contributed by atoms with van der Waals surface area (Å²) in [5.74, 6) is -1.61. The van der Waals surface area contributed by atoms with E-state index in [9.17, 15) is 18.0 Å². The van der Waals surface area contributed by atoms with E-state index in [0.29, 0.717) is 5.69 Å². The van der Waals surface area contributed by atoms with Crippen LogP contribution >= 0.6 is 0 Å². The number of hydrogen-bond donors (Lipinski definition) is 2. The Kier molecular flexibility index (Phi) is 6.41. The SMILES string of the molecule is COCCS(=O)(=O)c1ccc(C(=O)NCc2cn(CC(=O)O)nn2)cc1. The summed E-state index contributed by atoms with van der Waals surface area (Å²) in [6.07, 6.45) is 1.42. The van der Waals surface area contributed by atoms with E-state index in [1.807, 2.05) is 0 Å². The Bertz CT molecular complexity index is 876. The van der Waals surface area contributed by atoms with Crippen molar-refractivity contribution in [2.45, 2.75) is 18.0 Å². The Balaban J connectivity index is 1.95. The number of ether oxygens (including phenoxy) is 1. The van der Waals surface area contributed by atoms with Crippen molar-refractivity contribution in [1.82, 2.24) is 20.3 Å². The monoisotopic (exact) mass is 382 g/mol. The van der Waals surface area contributed by atoms with Gasteiger partial charge in [0.15, 0.2) is 9.84 Å². The highest BCUT2D eigenvalue weighted by Crippen LogP contribution is 2.12. The van der Waals surface area contributed by atoms with Crippen molar-refractivity contribution >= 4 is 21.7 Å². The van der Waals surface area contributed by atoms with Gasteiger partial charge in [0, 0.05) is 12.7 Å². The predicted molar refractivity (Wildman–Crippen MR) is 89.2 cm³/mol. The lowest BCUT2D eigenvalue weighted by Gasteiger charge is -2.06. The van der Waals surface area contributed by atoms with Gasteiger partial charge in [-0.05, 0) is 24.3 Å². The van der Waals surface area contributed by atoms with Crippen LogP contribution in [0.2, 0.25) is 0 Å². The van der Waals surface area contributed by atoms with E-state index in [0.717, 1.165) is 4.68 Å². The van der Waals surface area contributed by atoms with Crippen LogP contribution in [0.1, 0.15) is 16.1 Å². The molecule has 26 heavy (non-hydrogen) atoms. The number of rotatable bonds is 9. The number of nitrogens with zero attached hydrogens (tertiary/aromatic N) is 3. The molecule has 1 aromatic carbocycles. The second kappa shape index (κ2) is 8.54.